The van der Waals surface area contributed by atoms with Crippen LogP contribution < -0.4 is 5.32 Å². The SMILES string of the molecule is O=C(NC1CCOC1c1ccc(F)c(F)c1)N1CCSCC1. The van der Waals surface area contributed by atoms with E-state index in [1.165, 1.54) is 6.07 Å². The van der Waals surface area contributed by atoms with Gasteiger partial charge >= 0.3 is 6.03 Å². The molecule has 0 saturated carbocycles. The first-order valence-electron chi connectivity index (χ1n) is 7.35. The molecular weight excluding hydrogens is 310 g/mol. The van der Waals surface area contributed by atoms with Gasteiger partial charge in [0.15, 0.2) is 11.6 Å². The van der Waals surface area contributed by atoms with Crippen LogP contribution in [0.4, 0.5) is 13.6 Å². The molecule has 4 nitrogen and oxygen atoms in total. The van der Waals surface area contributed by atoms with E-state index in [9.17, 15) is 13.6 Å². The highest BCUT2D eigenvalue weighted by Gasteiger charge is 2.32. The molecule has 1 aromatic carbocycles. The molecule has 2 amide bonds. The lowest BCUT2D eigenvalue weighted by molar-refractivity contribution is 0.0979. The van der Waals surface area contributed by atoms with Gasteiger partial charge in [-0.2, -0.15) is 11.8 Å². The number of nitrogens with one attached hydrogen (secondary N) is 1. The van der Waals surface area contributed by atoms with E-state index in [1.807, 2.05) is 11.8 Å². The summed E-state index contributed by atoms with van der Waals surface area (Å²) in [5.41, 5.74) is 0.552. The fraction of sp³-hybridized carbons (Fsp3) is 0.533. The minimum Gasteiger partial charge on any atom is -0.371 e. The molecule has 2 unspecified atom stereocenters. The molecule has 0 spiro atoms. The van der Waals surface area contributed by atoms with Crippen LogP contribution >= 0.6 is 11.8 Å². The molecule has 2 aliphatic rings. The molecule has 2 aliphatic heterocycles. The average molecular weight is 328 g/mol. The van der Waals surface area contributed by atoms with E-state index in [1.54, 1.807) is 4.90 Å². The highest BCUT2D eigenvalue weighted by Crippen LogP contribution is 2.30. The molecule has 0 radical (unpaired) electrons. The van der Waals surface area contributed by atoms with Crippen LogP contribution in [-0.4, -0.2) is 48.2 Å². The molecule has 2 atom stereocenters. The minimum absolute atomic E-state index is 0.108. The third-order valence-corrected chi connectivity index (χ3v) is 4.91. The molecule has 2 heterocycles. The van der Waals surface area contributed by atoms with Crippen molar-refractivity contribution in [2.45, 2.75) is 18.6 Å². The van der Waals surface area contributed by atoms with Gasteiger partial charge in [0.2, 0.25) is 0 Å². The Morgan fingerprint density at radius 1 is 1.27 bits per heavy atom. The molecule has 0 aromatic heterocycles. The molecule has 1 N–H and O–H groups in total. The van der Waals surface area contributed by atoms with Gasteiger partial charge in [-0.05, 0) is 24.1 Å². The summed E-state index contributed by atoms with van der Waals surface area (Å²) in [6.07, 6.45) is 0.232. The number of rotatable bonds is 2. The van der Waals surface area contributed by atoms with Crippen LogP contribution in [0.3, 0.4) is 0 Å². The highest BCUT2D eigenvalue weighted by atomic mass is 32.2. The summed E-state index contributed by atoms with van der Waals surface area (Å²) in [4.78, 5) is 14.1. The summed E-state index contributed by atoms with van der Waals surface area (Å²) in [5, 5.41) is 2.97. The molecule has 7 heteroatoms. The Morgan fingerprint density at radius 2 is 2.05 bits per heavy atom. The molecular formula is C15H18F2N2O2S. The van der Waals surface area contributed by atoms with Gasteiger partial charge in [-0.25, -0.2) is 13.6 Å². The van der Waals surface area contributed by atoms with E-state index >= 15 is 0 Å². The lowest BCUT2D eigenvalue weighted by Gasteiger charge is -2.29. The molecule has 2 fully saturated rings. The lowest BCUT2D eigenvalue weighted by Crippen LogP contribution is -2.48. The molecule has 120 valence electrons. The monoisotopic (exact) mass is 328 g/mol. The number of nitrogens with zero attached hydrogens (tertiary/aromatic N) is 1. The van der Waals surface area contributed by atoms with E-state index in [0.717, 1.165) is 36.7 Å². The zero-order valence-corrected chi connectivity index (χ0v) is 12.9. The van der Waals surface area contributed by atoms with Crippen molar-refractivity contribution in [2.75, 3.05) is 31.2 Å². The van der Waals surface area contributed by atoms with Gasteiger partial charge in [0, 0.05) is 31.2 Å². The second-order valence-electron chi connectivity index (χ2n) is 5.41. The maximum atomic E-state index is 13.4. The average Bonchev–Trinajstić information content (AvgIpc) is 2.99. The zero-order valence-electron chi connectivity index (χ0n) is 12.1. The van der Waals surface area contributed by atoms with Crippen LogP contribution in [0.5, 0.6) is 0 Å². The van der Waals surface area contributed by atoms with Gasteiger partial charge < -0.3 is 15.0 Å². The Morgan fingerprint density at radius 3 is 2.77 bits per heavy atom. The summed E-state index contributed by atoms with van der Waals surface area (Å²) in [7, 11) is 0. The second-order valence-corrected chi connectivity index (χ2v) is 6.63. The van der Waals surface area contributed by atoms with Crippen molar-refractivity contribution in [3.63, 3.8) is 0 Å². The Labute approximate surface area is 132 Å². The van der Waals surface area contributed by atoms with Crippen LogP contribution in [0.15, 0.2) is 18.2 Å². The first kappa shape index (κ1) is 15.6. The van der Waals surface area contributed by atoms with Gasteiger partial charge in [0.05, 0.1) is 6.04 Å². The molecule has 0 bridgehead atoms. The summed E-state index contributed by atoms with van der Waals surface area (Å²) >= 11 is 1.84. The first-order valence-corrected chi connectivity index (χ1v) is 8.50. The van der Waals surface area contributed by atoms with E-state index in [2.05, 4.69) is 5.32 Å². The van der Waals surface area contributed by atoms with Gasteiger partial charge in [-0.3, -0.25) is 0 Å². The van der Waals surface area contributed by atoms with E-state index in [0.29, 0.717) is 18.6 Å². The molecule has 1 aromatic rings. The van der Waals surface area contributed by atoms with E-state index in [4.69, 9.17) is 4.74 Å². The third kappa shape index (κ3) is 3.35. The number of hydrogen-bond donors (Lipinski definition) is 1. The Kier molecular flexibility index (Phi) is 4.83. The molecule has 22 heavy (non-hydrogen) atoms. The van der Waals surface area contributed by atoms with Crippen molar-refractivity contribution in [3.05, 3.63) is 35.4 Å². The van der Waals surface area contributed by atoms with Crippen LogP contribution in [0.2, 0.25) is 0 Å². The third-order valence-electron chi connectivity index (χ3n) is 3.97. The van der Waals surface area contributed by atoms with E-state index < -0.39 is 17.7 Å². The summed E-state index contributed by atoms with van der Waals surface area (Å²) in [6, 6.07) is 3.41. The molecule has 3 rings (SSSR count). The smallest absolute Gasteiger partial charge is 0.317 e. The summed E-state index contributed by atoms with van der Waals surface area (Å²) < 4.78 is 32.0. The Hall–Kier alpha value is -1.34. The van der Waals surface area contributed by atoms with Crippen LogP contribution in [0.1, 0.15) is 18.1 Å². The van der Waals surface area contributed by atoms with Crippen molar-refractivity contribution in [2.24, 2.45) is 0 Å². The van der Waals surface area contributed by atoms with Crippen molar-refractivity contribution in [1.29, 1.82) is 0 Å². The standard InChI is InChI=1S/C15H18F2N2O2S/c16-11-2-1-10(9-12(11)17)14-13(3-6-21-14)18-15(20)19-4-7-22-8-5-19/h1-2,9,13-14H,3-8H2,(H,18,20). The number of urea groups is 1. The number of ether oxygens (including phenoxy) is 1. The molecule has 0 aliphatic carbocycles. The van der Waals surface area contributed by atoms with Gasteiger partial charge in [0.1, 0.15) is 6.10 Å². The maximum absolute atomic E-state index is 13.4. The van der Waals surface area contributed by atoms with Crippen molar-refractivity contribution in [3.8, 4) is 0 Å². The van der Waals surface area contributed by atoms with Gasteiger partial charge in [-0.1, -0.05) is 6.07 Å². The topological polar surface area (TPSA) is 41.6 Å². The fourth-order valence-corrected chi connectivity index (χ4v) is 3.67. The predicted octanol–water partition coefficient (Wildman–Crippen LogP) is 2.55. The van der Waals surface area contributed by atoms with Crippen LogP contribution in [-0.2, 0) is 4.74 Å². The van der Waals surface area contributed by atoms with Gasteiger partial charge in [0.25, 0.3) is 0 Å². The molecule has 2 saturated heterocycles. The number of carbonyl (C=O) groups excluding carboxylic acids is 1. The van der Waals surface area contributed by atoms with Crippen molar-refractivity contribution >= 4 is 17.8 Å². The fourth-order valence-electron chi connectivity index (χ4n) is 2.77. The van der Waals surface area contributed by atoms with Crippen LogP contribution in [0.25, 0.3) is 0 Å². The first-order chi connectivity index (χ1) is 10.6. The maximum Gasteiger partial charge on any atom is 0.317 e. The Balaban J connectivity index is 1.67. The Bertz CT molecular complexity index is 552. The van der Waals surface area contributed by atoms with Crippen molar-refractivity contribution < 1.29 is 18.3 Å². The second kappa shape index (κ2) is 6.83. The zero-order chi connectivity index (χ0) is 15.5. The summed E-state index contributed by atoms with van der Waals surface area (Å²) in [5.74, 6) is 0.113. The van der Waals surface area contributed by atoms with Crippen LogP contribution in [0, 0.1) is 11.6 Å². The number of carbonyl (C=O) groups is 1. The number of thioether (sulfide) groups is 1. The predicted molar refractivity (Wildman–Crippen MR) is 80.9 cm³/mol. The van der Waals surface area contributed by atoms with Crippen molar-refractivity contribution in [1.82, 2.24) is 10.2 Å². The quantitative estimate of drug-likeness (QED) is 0.907. The largest absolute Gasteiger partial charge is 0.371 e. The highest BCUT2D eigenvalue weighted by molar-refractivity contribution is 7.99. The number of benzene rings is 1. The lowest BCUT2D eigenvalue weighted by atomic mass is 10.0. The minimum atomic E-state index is -0.897. The normalized spacial score (nSPS) is 25.3. The summed E-state index contributed by atoms with van der Waals surface area (Å²) in [6.45, 7) is 1.96. The van der Waals surface area contributed by atoms with E-state index in [-0.39, 0.29) is 12.1 Å². The van der Waals surface area contributed by atoms with Gasteiger partial charge in [-0.15, -0.1) is 0 Å². The number of halogens is 2. The number of hydrogen-bond acceptors (Lipinski definition) is 3. The number of amides is 2.